The molecule has 0 bridgehead atoms. The molecule has 1 heteroatoms. The molecule has 0 aliphatic heterocycles. The number of nitrogens with one attached hydrogen (secondary N) is 1. The van der Waals surface area contributed by atoms with Crippen molar-refractivity contribution in [1.82, 2.24) is 5.32 Å². The molecule has 0 aromatic heterocycles. The van der Waals surface area contributed by atoms with Gasteiger partial charge in [0.25, 0.3) is 0 Å². The molecule has 1 nitrogen and oxygen atoms in total. The topological polar surface area (TPSA) is 12.0 Å². The zero-order valence-corrected chi connectivity index (χ0v) is 8.84. The molecule has 1 aliphatic carbocycles. The molecule has 1 fully saturated rings. The lowest BCUT2D eigenvalue weighted by atomic mass is 9.91. The van der Waals surface area contributed by atoms with Gasteiger partial charge in [0.1, 0.15) is 0 Å². The smallest absolute Gasteiger partial charge is 0.00924 e. The first kappa shape index (κ1) is 10.6. The fourth-order valence-corrected chi connectivity index (χ4v) is 2.53. The van der Waals surface area contributed by atoms with Gasteiger partial charge in [0.15, 0.2) is 0 Å². The van der Waals surface area contributed by atoms with E-state index >= 15 is 0 Å². The molecule has 74 valence electrons. The molecule has 0 aromatic rings. The predicted molar refractivity (Wildman–Crippen MR) is 57.4 cm³/mol. The summed E-state index contributed by atoms with van der Waals surface area (Å²) in [6, 6.07) is 0.746. The summed E-state index contributed by atoms with van der Waals surface area (Å²) in [6.45, 7) is 2.37. The van der Waals surface area contributed by atoms with Gasteiger partial charge in [0, 0.05) is 12.5 Å². The van der Waals surface area contributed by atoms with Gasteiger partial charge in [-0.05, 0) is 44.6 Å². The van der Waals surface area contributed by atoms with Crippen molar-refractivity contribution in [3.63, 3.8) is 0 Å². The van der Waals surface area contributed by atoms with Gasteiger partial charge in [-0.3, -0.25) is 0 Å². The second-order valence-corrected chi connectivity index (χ2v) is 4.19. The average molecular weight is 179 g/mol. The van der Waals surface area contributed by atoms with Crippen LogP contribution in [0.15, 0.2) is 0 Å². The maximum atomic E-state index is 5.24. The van der Waals surface area contributed by atoms with Crippen LogP contribution in [0.25, 0.3) is 0 Å². The fraction of sp³-hybridized carbons (Fsp3) is 0.833. The van der Waals surface area contributed by atoms with Crippen LogP contribution >= 0.6 is 0 Å². The molecule has 1 saturated carbocycles. The molecule has 1 N–H and O–H groups in total. The molecule has 0 aromatic carbocycles. The van der Waals surface area contributed by atoms with E-state index in [0.29, 0.717) is 0 Å². The van der Waals surface area contributed by atoms with Crippen LogP contribution in [0.4, 0.5) is 0 Å². The van der Waals surface area contributed by atoms with Crippen LogP contribution in [-0.4, -0.2) is 13.1 Å². The molecule has 0 radical (unpaired) electrons. The van der Waals surface area contributed by atoms with Gasteiger partial charge in [-0.1, -0.05) is 6.92 Å². The Morgan fingerprint density at radius 1 is 1.46 bits per heavy atom. The third-order valence-electron chi connectivity index (χ3n) is 3.49. The summed E-state index contributed by atoms with van der Waals surface area (Å²) in [5.74, 6) is 4.46. The molecule has 3 unspecified atom stereocenters. The zero-order chi connectivity index (χ0) is 9.68. The number of hydrogen-bond donors (Lipinski definition) is 1. The standard InChI is InChI=1S/C12H21N/c1-4-5-6-7-11-8-9-12(13-3)10(11)2/h1,10-13H,5-9H2,2-3H3. The average Bonchev–Trinajstić information content (AvgIpc) is 2.48. The Labute approximate surface area is 82.3 Å². The third kappa shape index (κ3) is 2.74. The first-order valence-corrected chi connectivity index (χ1v) is 5.40. The van der Waals surface area contributed by atoms with E-state index in [0.717, 1.165) is 24.3 Å². The van der Waals surface area contributed by atoms with Gasteiger partial charge in [0.05, 0.1) is 0 Å². The minimum absolute atomic E-state index is 0.746. The molecule has 1 aliphatic rings. The van der Waals surface area contributed by atoms with E-state index in [9.17, 15) is 0 Å². The van der Waals surface area contributed by atoms with Crippen molar-refractivity contribution in [2.24, 2.45) is 11.8 Å². The van der Waals surface area contributed by atoms with Crippen molar-refractivity contribution < 1.29 is 0 Å². The molecule has 0 saturated heterocycles. The number of rotatable bonds is 4. The van der Waals surface area contributed by atoms with Crippen molar-refractivity contribution in [1.29, 1.82) is 0 Å². The summed E-state index contributed by atoms with van der Waals surface area (Å²) >= 11 is 0. The molecule has 1 rings (SSSR count). The van der Waals surface area contributed by atoms with Crippen LogP contribution in [-0.2, 0) is 0 Å². The quantitative estimate of drug-likeness (QED) is 0.516. The van der Waals surface area contributed by atoms with Crippen LogP contribution < -0.4 is 5.32 Å². The number of hydrogen-bond acceptors (Lipinski definition) is 1. The fourth-order valence-electron chi connectivity index (χ4n) is 2.53. The number of terminal acetylenes is 1. The Hall–Kier alpha value is -0.480. The summed E-state index contributed by atoms with van der Waals surface area (Å²) in [6.07, 6.45) is 11.5. The Bertz CT molecular complexity index is 180. The summed E-state index contributed by atoms with van der Waals surface area (Å²) in [5.41, 5.74) is 0. The van der Waals surface area contributed by atoms with Gasteiger partial charge in [-0.15, -0.1) is 12.3 Å². The monoisotopic (exact) mass is 179 g/mol. The van der Waals surface area contributed by atoms with E-state index in [1.54, 1.807) is 0 Å². The maximum absolute atomic E-state index is 5.24. The summed E-state index contributed by atoms with van der Waals surface area (Å²) in [7, 11) is 2.07. The van der Waals surface area contributed by atoms with E-state index in [4.69, 9.17) is 6.42 Å². The molecular formula is C12H21N. The maximum Gasteiger partial charge on any atom is 0.00924 e. The Kier molecular flexibility index (Phi) is 4.32. The Morgan fingerprint density at radius 2 is 2.23 bits per heavy atom. The molecule has 3 atom stereocenters. The summed E-state index contributed by atoms with van der Waals surface area (Å²) in [5, 5.41) is 3.39. The van der Waals surface area contributed by atoms with Crippen LogP contribution in [0, 0.1) is 24.2 Å². The molecule has 0 spiro atoms. The van der Waals surface area contributed by atoms with Gasteiger partial charge in [-0.2, -0.15) is 0 Å². The largest absolute Gasteiger partial charge is 0.317 e. The Morgan fingerprint density at radius 3 is 2.77 bits per heavy atom. The van der Waals surface area contributed by atoms with E-state index in [1.807, 2.05) is 0 Å². The summed E-state index contributed by atoms with van der Waals surface area (Å²) in [4.78, 5) is 0. The van der Waals surface area contributed by atoms with Gasteiger partial charge >= 0.3 is 0 Å². The lowest BCUT2D eigenvalue weighted by molar-refractivity contribution is 0.343. The van der Waals surface area contributed by atoms with Crippen molar-refractivity contribution >= 4 is 0 Å². The van der Waals surface area contributed by atoms with Crippen LogP contribution in [0.1, 0.15) is 39.0 Å². The van der Waals surface area contributed by atoms with Gasteiger partial charge in [0.2, 0.25) is 0 Å². The Balaban J connectivity index is 2.25. The van der Waals surface area contributed by atoms with Crippen LogP contribution in [0.5, 0.6) is 0 Å². The minimum atomic E-state index is 0.746. The van der Waals surface area contributed by atoms with Crippen molar-refractivity contribution in [2.45, 2.75) is 45.1 Å². The minimum Gasteiger partial charge on any atom is -0.317 e. The van der Waals surface area contributed by atoms with Crippen LogP contribution in [0.3, 0.4) is 0 Å². The number of unbranched alkanes of at least 4 members (excludes halogenated alkanes) is 1. The second kappa shape index (κ2) is 5.29. The zero-order valence-electron chi connectivity index (χ0n) is 8.84. The first-order chi connectivity index (χ1) is 6.29. The highest BCUT2D eigenvalue weighted by atomic mass is 14.9. The first-order valence-electron chi connectivity index (χ1n) is 5.40. The van der Waals surface area contributed by atoms with Crippen molar-refractivity contribution in [3.05, 3.63) is 0 Å². The summed E-state index contributed by atoms with van der Waals surface area (Å²) < 4.78 is 0. The lowest BCUT2D eigenvalue weighted by Gasteiger charge is -2.19. The third-order valence-corrected chi connectivity index (χ3v) is 3.49. The van der Waals surface area contributed by atoms with E-state index in [-0.39, 0.29) is 0 Å². The highest BCUT2D eigenvalue weighted by Crippen LogP contribution is 2.34. The van der Waals surface area contributed by atoms with Crippen molar-refractivity contribution in [2.75, 3.05) is 7.05 Å². The normalized spacial score (nSPS) is 33.2. The van der Waals surface area contributed by atoms with E-state index in [1.165, 1.54) is 25.7 Å². The SMILES string of the molecule is C#CCCCC1CCC(NC)C1C. The molecule has 0 amide bonds. The molecule has 13 heavy (non-hydrogen) atoms. The van der Waals surface area contributed by atoms with E-state index in [2.05, 4.69) is 25.2 Å². The lowest BCUT2D eigenvalue weighted by Crippen LogP contribution is -2.29. The van der Waals surface area contributed by atoms with E-state index < -0.39 is 0 Å². The van der Waals surface area contributed by atoms with Crippen LogP contribution in [0.2, 0.25) is 0 Å². The predicted octanol–water partition coefficient (Wildman–Crippen LogP) is 2.42. The van der Waals surface area contributed by atoms with Gasteiger partial charge < -0.3 is 5.32 Å². The van der Waals surface area contributed by atoms with Crippen molar-refractivity contribution in [3.8, 4) is 12.3 Å². The highest BCUT2D eigenvalue weighted by Gasteiger charge is 2.30. The molecular weight excluding hydrogens is 158 g/mol. The highest BCUT2D eigenvalue weighted by molar-refractivity contribution is 4.88. The molecule has 0 heterocycles. The second-order valence-electron chi connectivity index (χ2n) is 4.19. The van der Waals surface area contributed by atoms with Gasteiger partial charge in [-0.25, -0.2) is 0 Å².